The van der Waals surface area contributed by atoms with E-state index in [1.807, 2.05) is 24.0 Å². The second-order valence-electron chi connectivity index (χ2n) is 4.14. The maximum atomic E-state index is 4.32. The van der Waals surface area contributed by atoms with Crippen LogP contribution in [0.3, 0.4) is 0 Å². The Morgan fingerprint density at radius 2 is 1.80 bits per heavy atom. The van der Waals surface area contributed by atoms with Gasteiger partial charge in [0.25, 0.3) is 0 Å². The average Bonchev–Trinajstić information content (AvgIpc) is 2.65. The van der Waals surface area contributed by atoms with Crippen molar-refractivity contribution in [2.75, 3.05) is 0 Å². The van der Waals surface area contributed by atoms with Gasteiger partial charge in [-0.15, -0.1) is 0 Å². The first kappa shape index (κ1) is 9.97. The minimum atomic E-state index is 0.584. The first-order valence-corrected chi connectivity index (χ1v) is 5.26. The van der Waals surface area contributed by atoms with E-state index in [1.165, 1.54) is 11.1 Å². The first-order chi connectivity index (χ1) is 7.18. The van der Waals surface area contributed by atoms with Gasteiger partial charge in [0, 0.05) is 25.0 Å². The van der Waals surface area contributed by atoms with E-state index in [9.17, 15) is 0 Å². The minimum Gasteiger partial charge on any atom is -0.334 e. The van der Waals surface area contributed by atoms with E-state index in [1.54, 1.807) is 0 Å². The molecule has 1 aromatic carbocycles. The van der Waals surface area contributed by atoms with Crippen LogP contribution in [0.25, 0.3) is 11.4 Å². The van der Waals surface area contributed by atoms with Crippen molar-refractivity contribution in [3.8, 4) is 11.4 Å². The van der Waals surface area contributed by atoms with Gasteiger partial charge in [-0.1, -0.05) is 38.1 Å². The number of imidazole rings is 1. The van der Waals surface area contributed by atoms with Gasteiger partial charge in [0.2, 0.25) is 0 Å². The lowest BCUT2D eigenvalue weighted by molar-refractivity contribution is 0.866. The normalized spacial score (nSPS) is 10.9. The molecule has 0 unspecified atom stereocenters. The van der Waals surface area contributed by atoms with Gasteiger partial charge >= 0.3 is 0 Å². The molecule has 0 saturated heterocycles. The summed E-state index contributed by atoms with van der Waals surface area (Å²) in [4.78, 5) is 4.32. The van der Waals surface area contributed by atoms with Crippen molar-refractivity contribution in [1.82, 2.24) is 9.55 Å². The van der Waals surface area contributed by atoms with Crippen LogP contribution < -0.4 is 0 Å². The summed E-state index contributed by atoms with van der Waals surface area (Å²) in [5.74, 6) is 1.60. The largest absolute Gasteiger partial charge is 0.334 e. The van der Waals surface area contributed by atoms with E-state index >= 15 is 0 Å². The summed E-state index contributed by atoms with van der Waals surface area (Å²) in [6.07, 6.45) is 3.79. The molecule has 2 aromatic rings. The number of benzene rings is 1. The summed E-state index contributed by atoms with van der Waals surface area (Å²) < 4.78 is 2.03. The van der Waals surface area contributed by atoms with E-state index in [0.29, 0.717) is 5.92 Å². The number of aryl methyl sites for hydroxylation is 1. The number of hydrogen-bond donors (Lipinski definition) is 0. The Morgan fingerprint density at radius 3 is 2.27 bits per heavy atom. The molecule has 0 aliphatic carbocycles. The van der Waals surface area contributed by atoms with Crippen molar-refractivity contribution in [2.45, 2.75) is 19.8 Å². The highest BCUT2D eigenvalue weighted by molar-refractivity contribution is 5.56. The lowest BCUT2D eigenvalue weighted by Gasteiger charge is -2.06. The molecule has 0 bridgehead atoms. The van der Waals surface area contributed by atoms with Crippen molar-refractivity contribution in [1.29, 1.82) is 0 Å². The van der Waals surface area contributed by atoms with Gasteiger partial charge in [0.05, 0.1) is 0 Å². The van der Waals surface area contributed by atoms with Gasteiger partial charge in [-0.2, -0.15) is 0 Å². The second-order valence-corrected chi connectivity index (χ2v) is 4.14. The topological polar surface area (TPSA) is 17.8 Å². The summed E-state index contributed by atoms with van der Waals surface area (Å²) >= 11 is 0. The van der Waals surface area contributed by atoms with Crippen LogP contribution in [0.2, 0.25) is 0 Å². The summed E-state index contributed by atoms with van der Waals surface area (Å²) in [5, 5.41) is 0. The molecule has 0 radical (unpaired) electrons. The Kier molecular flexibility index (Phi) is 2.58. The molecule has 78 valence electrons. The molecular formula is C13H16N2. The Morgan fingerprint density at radius 1 is 1.13 bits per heavy atom. The van der Waals surface area contributed by atoms with Crippen LogP contribution in [0.5, 0.6) is 0 Å². The fourth-order valence-electron chi connectivity index (χ4n) is 1.66. The standard InChI is InChI=1S/C13H16N2/c1-10(2)11-4-6-12(7-5-11)13-14-8-9-15(13)3/h4-10H,1-3H3. The third-order valence-electron chi connectivity index (χ3n) is 2.66. The molecule has 0 aliphatic rings. The van der Waals surface area contributed by atoms with Crippen LogP contribution >= 0.6 is 0 Å². The van der Waals surface area contributed by atoms with Crippen molar-refractivity contribution >= 4 is 0 Å². The van der Waals surface area contributed by atoms with Crippen LogP contribution in [0.15, 0.2) is 36.7 Å². The van der Waals surface area contributed by atoms with Gasteiger partial charge in [-0.25, -0.2) is 4.98 Å². The molecule has 2 heteroatoms. The van der Waals surface area contributed by atoms with Gasteiger partial charge in [0.15, 0.2) is 0 Å². The number of nitrogens with zero attached hydrogens (tertiary/aromatic N) is 2. The Bertz CT molecular complexity index is 438. The smallest absolute Gasteiger partial charge is 0.139 e. The Labute approximate surface area is 90.6 Å². The fraction of sp³-hybridized carbons (Fsp3) is 0.308. The molecule has 0 amide bonds. The third-order valence-corrected chi connectivity index (χ3v) is 2.66. The quantitative estimate of drug-likeness (QED) is 0.727. The Balaban J connectivity index is 2.36. The zero-order valence-corrected chi connectivity index (χ0v) is 9.44. The highest BCUT2D eigenvalue weighted by Crippen LogP contribution is 2.20. The van der Waals surface area contributed by atoms with Crippen molar-refractivity contribution < 1.29 is 0 Å². The molecule has 0 spiro atoms. The Hall–Kier alpha value is -1.57. The van der Waals surface area contributed by atoms with Crippen molar-refractivity contribution in [3.63, 3.8) is 0 Å². The molecule has 2 nitrogen and oxygen atoms in total. The molecule has 1 heterocycles. The zero-order chi connectivity index (χ0) is 10.8. The molecule has 1 aromatic heterocycles. The van der Waals surface area contributed by atoms with E-state index in [2.05, 4.69) is 43.1 Å². The molecule has 15 heavy (non-hydrogen) atoms. The van der Waals surface area contributed by atoms with E-state index < -0.39 is 0 Å². The van der Waals surface area contributed by atoms with Crippen molar-refractivity contribution in [3.05, 3.63) is 42.2 Å². The summed E-state index contributed by atoms with van der Waals surface area (Å²) in [6.45, 7) is 4.41. The number of hydrogen-bond acceptors (Lipinski definition) is 1. The SMILES string of the molecule is CC(C)c1ccc(-c2nccn2C)cc1. The number of aromatic nitrogens is 2. The zero-order valence-electron chi connectivity index (χ0n) is 9.44. The van der Waals surface area contributed by atoms with Crippen LogP contribution in [0.4, 0.5) is 0 Å². The van der Waals surface area contributed by atoms with E-state index in [0.717, 1.165) is 5.82 Å². The van der Waals surface area contributed by atoms with Gasteiger partial charge < -0.3 is 4.57 Å². The summed E-state index contributed by atoms with van der Waals surface area (Å²) in [6, 6.07) is 8.62. The third kappa shape index (κ3) is 1.94. The second kappa shape index (κ2) is 3.89. The van der Waals surface area contributed by atoms with Crippen LogP contribution in [0, 0.1) is 0 Å². The van der Waals surface area contributed by atoms with Crippen molar-refractivity contribution in [2.24, 2.45) is 7.05 Å². The molecule has 0 atom stereocenters. The van der Waals surface area contributed by atoms with Crippen LogP contribution in [-0.4, -0.2) is 9.55 Å². The highest BCUT2D eigenvalue weighted by Gasteiger charge is 2.03. The molecule has 0 saturated carbocycles. The number of rotatable bonds is 2. The van der Waals surface area contributed by atoms with Crippen LogP contribution in [-0.2, 0) is 7.05 Å². The van der Waals surface area contributed by atoms with Crippen LogP contribution in [0.1, 0.15) is 25.3 Å². The lowest BCUT2D eigenvalue weighted by atomic mass is 10.0. The lowest BCUT2D eigenvalue weighted by Crippen LogP contribution is -1.92. The van der Waals surface area contributed by atoms with Gasteiger partial charge in [-0.05, 0) is 11.5 Å². The summed E-state index contributed by atoms with van der Waals surface area (Å²) in [7, 11) is 2.01. The molecule has 0 aliphatic heterocycles. The predicted octanol–water partition coefficient (Wildman–Crippen LogP) is 3.21. The molecule has 0 fully saturated rings. The monoisotopic (exact) mass is 200 g/mol. The first-order valence-electron chi connectivity index (χ1n) is 5.26. The fourth-order valence-corrected chi connectivity index (χ4v) is 1.66. The molecular weight excluding hydrogens is 184 g/mol. The maximum absolute atomic E-state index is 4.32. The molecule has 0 N–H and O–H groups in total. The average molecular weight is 200 g/mol. The van der Waals surface area contributed by atoms with E-state index in [-0.39, 0.29) is 0 Å². The van der Waals surface area contributed by atoms with Gasteiger partial charge in [0.1, 0.15) is 5.82 Å². The minimum absolute atomic E-state index is 0.584. The maximum Gasteiger partial charge on any atom is 0.139 e. The highest BCUT2D eigenvalue weighted by atomic mass is 15.0. The summed E-state index contributed by atoms with van der Waals surface area (Å²) in [5.41, 5.74) is 2.54. The molecule has 2 rings (SSSR count). The van der Waals surface area contributed by atoms with E-state index in [4.69, 9.17) is 0 Å². The predicted molar refractivity (Wildman–Crippen MR) is 62.7 cm³/mol. The van der Waals surface area contributed by atoms with Gasteiger partial charge in [-0.3, -0.25) is 0 Å².